The number of piperidine rings is 1. The zero-order chi connectivity index (χ0) is 11.4. The fraction of sp³-hybridized carbons (Fsp3) is 0.500. The van der Waals surface area contributed by atoms with Crippen LogP contribution >= 0.6 is 0 Å². The number of nitrogens with zero attached hydrogens (tertiary/aromatic N) is 1. The van der Waals surface area contributed by atoms with Crippen LogP contribution in [0.15, 0.2) is 30.3 Å². The summed E-state index contributed by atoms with van der Waals surface area (Å²) >= 11 is 0. The third kappa shape index (κ3) is 2.63. The second-order valence-electron chi connectivity index (χ2n) is 4.59. The fourth-order valence-electron chi connectivity index (χ4n) is 2.34. The van der Waals surface area contributed by atoms with Crippen molar-refractivity contribution in [2.24, 2.45) is 0 Å². The van der Waals surface area contributed by atoms with E-state index in [9.17, 15) is 4.79 Å². The van der Waals surface area contributed by atoms with E-state index in [0.717, 1.165) is 24.9 Å². The molecule has 16 heavy (non-hydrogen) atoms. The minimum absolute atomic E-state index is 0.276. The van der Waals surface area contributed by atoms with Gasteiger partial charge in [0.25, 0.3) is 0 Å². The Balaban J connectivity index is 1.97. The smallest absolute Gasteiger partial charge is 0.227 e. The Morgan fingerprint density at radius 1 is 1.31 bits per heavy atom. The number of likely N-dealkylation sites (tertiary alicyclic amines) is 1. The number of carbonyl (C=O) groups excluding carboxylic acids is 1. The molecule has 1 aromatic rings. The highest BCUT2D eigenvalue weighted by molar-refractivity contribution is 5.79. The van der Waals surface area contributed by atoms with Gasteiger partial charge >= 0.3 is 0 Å². The van der Waals surface area contributed by atoms with Crippen LogP contribution in [0, 0.1) is 0 Å². The van der Waals surface area contributed by atoms with E-state index >= 15 is 0 Å². The van der Waals surface area contributed by atoms with E-state index in [1.807, 2.05) is 35.2 Å². The Bertz CT molecular complexity index is 347. The number of amides is 1. The van der Waals surface area contributed by atoms with E-state index < -0.39 is 0 Å². The molecule has 1 aliphatic rings. The summed E-state index contributed by atoms with van der Waals surface area (Å²) in [7, 11) is 0. The van der Waals surface area contributed by atoms with Gasteiger partial charge in [-0.25, -0.2) is 0 Å². The quantitative estimate of drug-likeness (QED) is 0.745. The predicted octanol–water partition coefficient (Wildman–Crippen LogP) is 2.63. The lowest BCUT2D eigenvalue weighted by Crippen LogP contribution is -2.42. The minimum Gasteiger partial charge on any atom is -0.340 e. The summed E-state index contributed by atoms with van der Waals surface area (Å²) in [6.07, 6.45) is 4.12. The Morgan fingerprint density at radius 3 is 2.75 bits per heavy atom. The first-order chi connectivity index (χ1) is 7.77. The third-order valence-electron chi connectivity index (χ3n) is 3.32. The zero-order valence-electron chi connectivity index (χ0n) is 9.86. The van der Waals surface area contributed by atoms with Gasteiger partial charge in [-0.1, -0.05) is 30.3 Å². The van der Waals surface area contributed by atoms with Crippen LogP contribution in [0.1, 0.15) is 31.7 Å². The van der Waals surface area contributed by atoms with Gasteiger partial charge in [0.2, 0.25) is 5.91 Å². The molecule has 1 saturated heterocycles. The molecule has 1 atom stereocenters. The molecular weight excluding hydrogens is 198 g/mol. The predicted molar refractivity (Wildman–Crippen MR) is 65.2 cm³/mol. The molecule has 0 aromatic heterocycles. The number of hydrogen-bond donors (Lipinski definition) is 0. The van der Waals surface area contributed by atoms with E-state index in [1.54, 1.807) is 0 Å². The maximum absolute atomic E-state index is 12.1. The van der Waals surface area contributed by atoms with Crippen LogP contribution in [-0.2, 0) is 11.2 Å². The molecule has 2 rings (SSSR count). The summed E-state index contributed by atoms with van der Waals surface area (Å²) in [6, 6.07) is 10.4. The van der Waals surface area contributed by atoms with Crippen molar-refractivity contribution in [2.45, 2.75) is 38.6 Å². The number of rotatable bonds is 2. The summed E-state index contributed by atoms with van der Waals surface area (Å²) in [5.74, 6) is 0.276. The Morgan fingerprint density at radius 2 is 2.06 bits per heavy atom. The van der Waals surface area contributed by atoms with Crippen molar-refractivity contribution in [3.8, 4) is 0 Å². The molecule has 0 spiro atoms. The number of carbonyl (C=O) groups is 1. The van der Waals surface area contributed by atoms with Gasteiger partial charge in [0.1, 0.15) is 0 Å². The minimum atomic E-state index is 0.276. The molecule has 1 unspecified atom stereocenters. The van der Waals surface area contributed by atoms with Crippen molar-refractivity contribution in [1.82, 2.24) is 4.90 Å². The highest BCUT2D eigenvalue weighted by Crippen LogP contribution is 2.17. The van der Waals surface area contributed by atoms with Gasteiger partial charge in [-0.2, -0.15) is 0 Å². The summed E-state index contributed by atoms with van der Waals surface area (Å²) in [4.78, 5) is 14.1. The molecule has 1 aromatic carbocycles. The van der Waals surface area contributed by atoms with Crippen molar-refractivity contribution in [1.29, 1.82) is 0 Å². The summed E-state index contributed by atoms with van der Waals surface area (Å²) < 4.78 is 0. The SMILES string of the molecule is CC1CCCCN1C(=O)Cc1ccccc1. The summed E-state index contributed by atoms with van der Waals surface area (Å²) in [5.41, 5.74) is 1.12. The molecule has 0 N–H and O–H groups in total. The average molecular weight is 217 g/mol. The Labute approximate surface area is 97.3 Å². The van der Waals surface area contributed by atoms with Crippen LogP contribution in [0.25, 0.3) is 0 Å². The lowest BCUT2D eigenvalue weighted by atomic mass is 10.0. The Kier molecular flexibility index (Phi) is 3.60. The second-order valence-corrected chi connectivity index (χ2v) is 4.59. The molecule has 1 aliphatic heterocycles. The topological polar surface area (TPSA) is 20.3 Å². The van der Waals surface area contributed by atoms with Crippen molar-refractivity contribution in [2.75, 3.05) is 6.54 Å². The highest BCUT2D eigenvalue weighted by Gasteiger charge is 2.22. The van der Waals surface area contributed by atoms with Gasteiger partial charge in [0.15, 0.2) is 0 Å². The van der Waals surface area contributed by atoms with E-state index in [4.69, 9.17) is 0 Å². The first-order valence-corrected chi connectivity index (χ1v) is 6.11. The first kappa shape index (κ1) is 11.2. The number of benzene rings is 1. The fourth-order valence-corrected chi connectivity index (χ4v) is 2.34. The van der Waals surface area contributed by atoms with Gasteiger partial charge in [-0.3, -0.25) is 4.79 Å². The van der Waals surface area contributed by atoms with Crippen molar-refractivity contribution in [3.05, 3.63) is 35.9 Å². The van der Waals surface area contributed by atoms with Crippen LogP contribution in [0.2, 0.25) is 0 Å². The van der Waals surface area contributed by atoms with Crippen molar-refractivity contribution < 1.29 is 4.79 Å². The highest BCUT2D eigenvalue weighted by atomic mass is 16.2. The lowest BCUT2D eigenvalue weighted by Gasteiger charge is -2.33. The molecule has 1 amide bonds. The summed E-state index contributed by atoms with van der Waals surface area (Å²) in [5, 5.41) is 0. The van der Waals surface area contributed by atoms with Gasteiger partial charge in [-0.05, 0) is 31.7 Å². The molecule has 86 valence electrons. The third-order valence-corrected chi connectivity index (χ3v) is 3.32. The van der Waals surface area contributed by atoms with Crippen LogP contribution in [0.4, 0.5) is 0 Å². The maximum atomic E-state index is 12.1. The van der Waals surface area contributed by atoms with Gasteiger partial charge < -0.3 is 4.90 Å². The first-order valence-electron chi connectivity index (χ1n) is 6.11. The molecule has 2 nitrogen and oxygen atoms in total. The second kappa shape index (κ2) is 5.15. The molecule has 0 aliphatic carbocycles. The van der Waals surface area contributed by atoms with Crippen LogP contribution < -0.4 is 0 Å². The molecule has 1 fully saturated rings. The van der Waals surface area contributed by atoms with Gasteiger partial charge in [-0.15, -0.1) is 0 Å². The van der Waals surface area contributed by atoms with Crippen LogP contribution in [-0.4, -0.2) is 23.4 Å². The summed E-state index contributed by atoms with van der Waals surface area (Å²) in [6.45, 7) is 3.09. The lowest BCUT2D eigenvalue weighted by molar-refractivity contribution is -0.133. The molecule has 2 heteroatoms. The molecule has 0 saturated carbocycles. The van der Waals surface area contributed by atoms with Gasteiger partial charge in [0, 0.05) is 12.6 Å². The largest absolute Gasteiger partial charge is 0.340 e. The molecule has 0 bridgehead atoms. The van der Waals surface area contributed by atoms with E-state index in [-0.39, 0.29) is 5.91 Å². The number of hydrogen-bond acceptors (Lipinski definition) is 1. The van der Waals surface area contributed by atoms with Crippen LogP contribution in [0.5, 0.6) is 0 Å². The van der Waals surface area contributed by atoms with E-state index in [0.29, 0.717) is 12.5 Å². The average Bonchev–Trinajstić information content (AvgIpc) is 2.31. The van der Waals surface area contributed by atoms with E-state index in [1.165, 1.54) is 6.42 Å². The maximum Gasteiger partial charge on any atom is 0.227 e. The normalized spacial score (nSPS) is 20.8. The Hall–Kier alpha value is -1.31. The molecular formula is C14H19NO. The van der Waals surface area contributed by atoms with E-state index in [2.05, 4.69) is 6.92 Å². The zero-order valence-corrected chi connectivity index (χ0v) is 9.86. The standard InChI is InChI=1S/C14H19NO/c1-12-7-5-6-10-15(12)14(16)11-13-8-3-2-4-9-13/h2-4,8-9,12H,5-7,10-11H2,1H3. The van der Waals surface area contributed by atoms with Crippen LogP contribution in [0.3, 0.4) is 0 Å². The van der Waals surface area contributed by atoms with Crippen molar-refractivity contribution >= 4 is 5.91 Å². The van der Waals surface area contributed by atoms with Crippen molar-refractivity contribution in [3.63, 3.8) is 0 Å². The monoisotopic (exact) mass is 217 g/mol. The van der Waals surface area contributed by atoms with Gasteiger partial charge in [0.05, 0.1) is 6.42 Å². The molecule has 1 heterocycles. The molecule has 0 radical (unpaired) electrons.